The number of nitrogens with one attached hydrogen (secondary N) is 1. The lowest BCUT2D eigenvalue weighted by Crippen LogP contribution is -2.30. The first-order valence-electron chi connectivity index (χ1n) is 7.60. The highest BCUT2D eigenvalue weighted by atomic mass is 35.5. The van der Waals surface area contributed by atoms with E-state index in [0.717, 1.165) is 5.56 Å². The maximum absolute atomic E-state index is 12.1. The molecule has 1 N–H and O–H groups in total. The summed E-state index contributed by atoms with van der Waals surface area (Å²) in [4.78, 5) is 16.4. The first-order valence-corrected chi connectivity index (χ1v) is 7.98. The zero-order chi connectivity index (χ0) is 16.8. The lowest BCUT2D eigenvalue weighted by Gasteiger charge is -2.07. The SMILES string of the molecule is O=C(NCCc1nc(-c2cccc(Cl)c2)no1)C1C=CC=CC=C1. The summed E-state index contributed by atoms with van der Waals surface area (Å²) in [6.45, 7) is 0.432. The van der Waals surface area contributed by atoms with Crippen LogP contribution in [-0.2, 0) is 11.2 Å². The Hall–Kier alpha value is -2.66. The fraction of sp³-hybridized carbons (Fsp3) is 0.167. The molecule has 0 fully saturated rings. The van der Waals surface area contributed by atoms with E-state index in [9.17, 15) is 4.79 Å². The van der Waals surface area contributed by atoms with Gasteiger partial charge in [-0.25, -0.2) is 0 Å². The molecule has 1 aliphatic rings. The predicted octanol–water partition coefficient (Wildman–Crippen LogP) is 3.35. The van der Waals surface area contributed by atoms with Crippen molar-refractivity contribution in [3.05, 3.63) is 71.6 Å². The molecule has 0 spiro atoms. The standard InChI is InChI=1S/C18H16ClN3O2/c19-15-9-5-8-14(12-15)17-21-16(24-22-17)10-11-20-18(23)13-6-3-1-2-4-7-13/h1-9,12-13H,10-11H2,(H,20,23). The van der Waals surface area contributed by atoms with Crippen molar-refractivity contribution < 1.29 is 9.32 Å². The maximum Gasteiger partial charge on any atom is 0.230 e. The van der Waals surface area contributed by atoms with E-state index in [1.807, 2.05) is 48.6 Å². The highest BCUT2D eigenvalue weighted by Gasteiger charge is 2.13. The second kappa shape index (κ2) is 7.75. The van der Waals surface area contributed by atoms with Gasteiger partial charge in [0, 0.05) is 23.6 Å². The number of rotatable bonds is 5. The molecule has 0 saturated carbocycles. The van der Waals surface area contributed by atoms with Crippen molar-refractivity contribution in [1.82, 2.24) is 15.5 Å². The van der Waals surface area contributed by atoms with Crippen LogP contribution in [0.15, 0.2) is 65.2 Å². The number of nitrogens with zero attached hydrogens (tertiary/aromatic N) is 2. The molecule has 1 aromatic heterocycles. The monoisotopic (exact) mass is 341 g/mol. The number of hydrogen-bond acceptors (Lipinski definition) is 4. The van der Waals surface area contributed by atoms with Crippen LogP contribution in [0.25, 0.3) is 11.4 Å². The molecule has 0 radical (unpaired) electrons. The van der Waals surface area contributed by atoms with Gasteiger partial charge in [-0.3, -0.25) is 4.79 Å². The van der Waals surface area contributed by atoms with E-state index in [1.165, 1.54) is 0 Å². The first-order chi connectivity index (χ1) is 11.7. The van der Waals surface area contributed by atoms with Gasteiger partial charge in [-0.2, -0.15) is 4.98 Å². The molecule has 2 aromatic rings. The van der Waals surface area contributed by atoms with Crippen molar-refractivity contribution in [2.24, 2.45) is 5.92 Å². The molecule has 122 valence electrons. The Morgan fingerprint density at radius 2 is 2.00 bits per heavy atom. The number of carbonyl (C=O) groups is 1. The van der Waals surface area contributed by atoms with Crippen molar-refractivity contribution >= 4 is 17.5 Å². The summed E-state index contributed by atoms with van der Waals surface area (Å²) in [6, 6.07) is 7.25. The van der Waals surface area contributed by atoms with Gasteiger partial charge < -0.3 is 9.84 Å². The fourth-order valence-electron chi connectivity index (χ4n) is 2.25. The summed E-state index contributed by atoms with van der Waals surface area (Å²) < 4.78 is 5.21. The molecular weight excluding hydrogens is 326 g/mol. The number of aromatic nitrogens is 2. The van der Waals surface area contributed by atoms with Gasteiger partial charge in [0.2, 0.25) is 17.6 Å². The second-order valence-electron chi connectivity index (χ2n) is 5.24. The average molecular weight is 342 g/mol. The van der Waals surface area contributed by atoms with Crippen molar-refractivity contribution in [3.63, 3.8) is 0 Å². The second-order valence-corrected chi connectivity index (χ2v) is 5.68. The Morgan fingerprint density at radius 3 is 2.75 bits per heavy atom. The summed E-state index contributed by atoms with van der Waals surface area (Å²) >= 11 is 5.96. The van der Waals surface area contributed by atoms with Gasteiger partial charge in [-0.15, -0.1) is 0 Å². The number of allylic oxidation sites excluding steroid dienone is 4. The van der Waals surface area contributed by atoms with Crippen LogP contribution in [0.4, 0.5) is 0 Å². The normalized spacial score (nSPS) is 13.9. The third kappa shape index (κ3) is 4.20. The van der Waals surface area contributed by atoms with Crippen LogP contribution in [0.1, 0.15) is 5.89 Å². The van der Waals surface area contributed by atoms with Crippen LogP contribution < -0.4 is 5.32 Å². The van der Waals surface area contributed by atoms with Crippen LogP contribution in [0.2, 0.25) is 5.02 Å². The number of amides is 1. The van der Waals surface area contributed by atoms with E-state index in [0.29, 0.717) is 29.7 Å². The summed E-state index contributed by atoms with van der Waals surface area (Å²) in [5, 5.41) is 7.42. The molecule has 6 heteroatoms. The molecule has 0 unspecified atom stereocenters. The van der Waals surface area contributed by atoms with Crippen LogP contribution in [0, 0.1) is 5.92 Å². The summed E-state index contributed by atoms with van der Waals surface area (Å²) in [5.41, 5.74) is 0.794. The van der Waals surface area contributed by atoms with E-state index in [4.69, 9.17) is 16.1 Å². The molecule has 1 heterocycles. The fourth-order valence-corrected chi connectivity index (χ4v) is 2.44. The van der Waals surface area contributed by atoms with Crippen LogP contribution in [0.3, 0.4) is 0 Å². The molecule has 0 saturated heterocycles. The molecule has 3 rings (SSSR count). The first kappa shape index (κ1) is 16.2. The summed E-state index contributed by atoms with van der Waals surface area (Å²) in [5.74, 6) is 0.643. The molecule has 1 aromatic carbocycles. The van der Waals surface area contributed by atoms with Crippen LogP contribution >= 0.6 is 11.6 Å². The van der Waals surface area contributed by atoms with Crippen molar-refractivity contribution in [1.29, 1.82) is 0 Å². The van der Waals surface area contributed by atoms with Gasteiger partial charge in [-0.05, 0) is 12.1 Å². The Labute approximate surface area is 144 Å². The topological polar surface area (TPSA) is 68.0 Å². The lowest BCUT2D eigenvalue weighted by atomic mass is 10.1. The zero-order valence-electron chi connectivity index (χ0n) is 12.9. The van der Waals surface area contributed by atoms with Gasteiger partial charge in [0.25, 0.3) is 0 Å². The maximum atomic E-state index is 12.1. The Kier molecular flexibility index (Phi) is 5.23. The van der Waals surface area contributed by atoms with Crippen LogP contribution in [-0.4, -0.2) is 22.6 Å². The molecule has 0 aliphatic heterocycles. The number of benzene rings is 1. The number of hydrogen-bond donors (Lipinski definition) is 1. The van der Waals surface area contributed by atoms with Gasteiger partial charge in [0.15, 0.2) is 0 Å². The quantitative estimate of drug-likeness (QED) is 0.905. The highest BCUT2D eigenvalue weighted by Crippen LogP contribution is 2.19. The molecule has 1 aliphatic carbocycles. The number of halogens is 1. The third-order valence-corrected chi connectivity index (χ3v) is 3.70. The van der Waals surface area contributed by atoms with Crippen molar-refractivity contribution in [2.75, 3.05) is 6.54 Å². The molecule has 0 bridgehead atoms. The minimum Gasteiger partial charge on any atom is -0.355 e. The largest absolute Gasteiger partial charge is 0.355 e. The summed E-state index contributed by atoms with van der Waals surface area (Å²) in [6.07, 6.45) is 11.7. The van der Waals surface area contributed by atoms with E-state index < -0.39 is 0 Å². The molecule has 0 atom stereocenters. The summed E-state index contributed by atoms with van der Waals surface area (Å²) in [7, 11) is 0. The van der Waals surface area contributed by atoms with Crippen LogP contribution in [0.5, 0.6) is 0 Å². The van der Waals surface area contributed by atoms with Crippen molar-refractivity contribution in [2.45, 2.75) is 6.42 Å². The van der Waals surface area contributed by atoms with Gasteiger partial charge in [0.05, 0.1) is 5.92 Å². The molecule has 24 heavy (non-hydrogen) atoms. The zero-order valence-corrected chi connectivity index (χ0v) is 13.6. The Morgan fingerprint density at radius 1 is 1.21 bits per heavy atom. The van der Waals surface area contributed by atoms with E-state index in [-0.39, 0.29) is 11.8 Å². The minimum absolute atomic E-state index is 0.0548. The average Bonchev–Trinajstić information content (AvgIpc) is 2.88. The van der Waals surface area contributed by atoms with E-state index >= 15 is 0 Å². The molecule has 5 nitrogen and oxygen atoms in total. The number of carbonyl (C=O) groups excluding carboxylic acids is 1. The molecule has 1 amide bonds. The van der Waals surface area contributed by atoms with Gasteiger partial charge in [-0.1, -0.05) is 65.3 Å². The van der Waals surface area contributed by atoms with Gasteiger partial charge >= 0.3 is 0 Å². The lowest BCUT2D eigenvalue weighted by molar-refractivity contribution is -0.122. The highest BCUT2D eigenvalue weighted by molar-refractivity contribution is 6.30. The van der Waals surface area contributed by atoms with E-state index in [2.05, 4.69) is 15.5 Å². The Bertz CT molecular complexity index is 792. The predicted molar refractivity (Wildman–Crippen MR) is 92.4 cm³/mol. The third-order valence-electron chi connectivity index (χ3n) is 3.46. The van der Waals surface area contributed by atoms with Gasteiger partial charge in [0.1, 0.15) is 0 Å². The Balaban J connectivity index is 1.53. The molecular formula is C18H16ClN3O2. The van der Waals surface area contributed by atoms with Crippen molar-refractivity contribution in [3.8, 4) is 11.4 Å². The van der Waals surface area contributed by atoms with E-state index in [1.54, 1.807) is 12.1 Å². The minimum atomic E-state index is -0.260. The smallest absolute Gasteiger partial charge is 0.230 e.